The molecule has 1 fully saturated rings. The summed E-state index contributed by atoms with van der Waals surface area (Å²) in [7, 11) is -5.27. The fraction of sp³-hybridized carbons (Fsp3) is 0.519. The average Bonchev–Trinajstić information content (AvgIpc) is 2.81. The third kappa shape index (κ3) is 6.05. The molecule has 0 radical (unpaired) electrons. The molecule has 0 unspecified atom stereocenters. The maximum atomic E-state index is 12.6. The van der Waals surface area contributed by atoms with Crippen molar-refractivity contribution in [1.82, 2.24) is 0 Å². The van der Waals surface area contributed by atoms with E-state index in [0.29, 0.717) is 19.3 Å². The number of carbonyl (C=O) groups excluding carboxylic acids is 1. The molecule has 0 bridgehead atoms. The van der Waals surface area contributed by atoms with Gasteiger partial charge in [-0.1, -0.05) is 88.4 Å². The van der Waals surface area contributed by atoms with E-state index in [-0.39, 0.29) is 23.0 Å². The SMILES string of the molecule is CC[C@H]1[C@@H](OS(C)(=O)=O)C[C@@H](C(=O)OC)C[C@H]1O[Si](c1ccccc1)(c1ccccc1)C(C)(C)C. The fourth-order valence-corrected chi connectivity index (χ4v) is 10.9. The van der Waals surface area contributed by atoms with Crippen molar-refractivity contribution >= 4 is 34.8 Å². The van der Waals surface area contributed by atoms with Crippen LogP contribution in [0.1, 0.15) is 47.0 Å². The molecule has 1 saturated carbocycles. The Morgan fingerprint density at radius 2 is 1.43 bits per heavy atom. The Bertz CT molecular complexity index is 1040. The van der Waals surface area contributed by atoms with Crippen molar-refractivity contribution in [2.75, 3.05) is 13.4 Å². The largest absolute Gasteiger partial charge is 0.469 e. The highest BCUT2D eigenvalue weighted by Crippen LogP contribution is 2.43. The van der Waals surface area contributed by atoms with Gasteiger partial charge in [-0.15, -0.1) is 0 Å². The smallest absolute Gasteiger partial charge is 0.308 e. The van der Waals surface area contributed by atoms with Crippen molar-refractivity contribution in [2.45, 2.75) is 64.2 Å². The van der Waals surface area contributed by atoms with Crippen LogP contribution in [0.5, 0.6) is 0 Å². The van der Waals surface area contributed by atoms with Gasteiger partial charge in [0.15, 0.2) is 0 Å². The standard InChI is InChI=1S/C27H38O6SSi/c1-7-23-24(32-34(6,29)30)18-20(26(28)31-5)19-25(23)33-35(27(2,3)4,21-14-10-8-11-15-21)22-16-12-9-13-17-22/h8-17,20,23-25H,7,18-19H2,1-6H3/t20-,23+,24+,25-/m1/s1. The number of methoxy groups -OCH3 is 1. The van der Waals surface area contributed by atoms with E-state index in [4.69, 9.17) is 13.3 Å². The summed E-state index contributed by atoms with van der Waals surface area (Å²) in [5.41, 5.74) is 0. The molecular weight excluding hydrogens is 480 g/mol. The Labute approximate surface area is 211 Å². The van der Waals surface area contributed by atoms with Crippen LogP contribution in [-0.4, -0.2) is 48.3 Å². The van der Waals surface area contributed by atoms with Crippen LogP contribution in [0.4, 0.5) is 0 Å². The van der Waals surface area contributed by atoms with E-state index >= 15 is 0 Å². The summed E-state index contributed by atoms with van der Waals surface area (Å²) in [6, 6.07) is 20.6. The van der Waals surface area contributed by atoms with E-state index < -0.39 is 30.5 Å². The monoisotopic (exact) mass is 518 g/mol. The van der Waals surface area contributed by atoms with Crippen molar-refractivity contribution < 1.29 is 26.6 Å². The second kappa shape index (κ2) is 10.9. The van der Waals surface area contributed by atoms with E-state index in [1.165, 1.54) is 7.11 Å². The minimum Gasteiger partial charge on any atom is -0.469 e. The number of hydrogen-bond acceptors (Lipinski definition) is 6. The van der Waals surface area contributed by atoms with Crippen LogP contribution in [0.3, 0.4) is 0 Å². The predicted octanol–water partition coefficient (Wildman–Crippen LogP) is 3.89. The molecule has 0 aromatic heterocycles. The first-order valence-corrected chi connectivity index (χ1v) is 15.9. The zero-order chi connectivity index (χ0) is 25.9. The van der Waals surface area contributed by atoms with E-state index in [1.54, 1.807) is 0 Å². The highest BCUT2D eigenvalue weighted by molar-refractivity contribution is 7.86. The molecule has 0 N–H and O–H groups in total. The van der Waals surface area contributed by atoms with E-state index in [9.17, 15) is 13.2 Å². The molecule has 0 saturated heterocycles. The third-order valence-electron chi connectivity index (χ3n) is 7.04. The molecule has 1 aliphatic carbocycles. The molecule has 0 spiro atoms. The van der Waals surface area contributed by atoms with Crippen LogP contribution in [0.2, 0.25) is 5.04 Å². The molecule has 2 aromatic carbocycles. The fourth-order valence-electron chi connectivity index (χ4n) is 5.52. The van der Waals surface area contributed by atoms with Gasteiger partial charge < -0.3 is 9.16 Å². The van der Waals surface area contributed by atoms with Crippen LogP contribution in [0, 0.1) is 11.8 Å². The second-order valence-electron chi connectivity index (χ2n) is 10.4. The van der Waals surface area contributed by atoms with Gasteiger partial charge in [-0.05, 0) is 34.7 Å². The number of esters is 1. The van der Waals surface area contributed by atoms with Crippen LogP contribution >= 0.6 is 0 Å². The molecule has 3 rings (SSSR count). The molecule has 192 valence electrons. The summed E-state index contributed by atoms with van der Waals surface area (Å²) in [6.07, 6.45) is 1.43. The number of carbonyl (C=O) groups is 1. The lowest BCUT2D eigenvalue weighted by molar-refractivity contribution is -0.151. The summed E-state index contributed by atoms with van der Waals surface area (Å²) in [4.78, 5) is 12.6. The predicted molar refractivity (Wildman–Crippen MR) is 141 cm³/mol. The second-order valence-corrected chi connectivity index (χ2v) is 16.3. The Morgan fingerprint density at radius 1 is 0.943 bits per heavy atom. The molecule has 6 nitrogen and oxygen atoms in total. The Balaban J connectivity index is 2.18. The van der Waals surface area contributed by atoms with Gasteiger partial charge in [0.05, 0.1) is 31.5 Å². The quantitative estimate of drug-likeness (QED) is 0.300. The molecule has 1 aliphatic rings. The number of hydrogen-bond donors (Lipinski definition) is 0. The van der Waals surface area contributed by atoms with Gasteiger partial charge in [-0.25, -0.2) is 0 Å². The maximum absolute atomic E-state index is 12.6. The summed E-state index contributed by atoms with van der Waals surface area (Å²) >= 11 is 0. The Hall–Kier alpha value is -2.00. The minimum atomic E-state index is -3.72. The third-order valence-corrected chi connectivity index (χ3v) is 12.7. The lowest BCUT2D eigenvalue weighted by Gasteiger charge is -2.49. The molecule has 0 amide bonds. The summed E-state index contributed by atoms with van der Waals surface area (Å²) in [6.45, 7) is 8.62. The first kappa shape index (κ1) is 27.6. The van der Waals surface area contributed by atoms with Gasteiger partial charge in [0, 0.05) is 5.92 Å². The number of benzene rings is 2. The molecule has 0 aliphatic heterocycles. The molecule has 8 heteroatoms. The first-order chi connectivity index (χ1) is 16.4. The average molecular weight is 519 g/mol. The van der Waals surface area contributed by atoms with Crippen LogP contribution in [0.15, 0.2) is 60.7 Å². The van der Waals surface area contributed by atoms with E-state index in [1.807, 2.05) is 43.3 Å². The minimum absolute atomic E-state index is 0.188. The maximum Gasteiger partial charge on any atom is 0.308 e. The van der Waals surface area contributed by atoms with Gasteiger partial charge in [0.25, 0.3) is 18.4 Å². The highest BCUT2D eigenvalue weighted by Gasteiger charge is 2.54. The van der Waals surface area contributed by atoms with E-state index in [2.05, 4.69) is 45.0 Å². The molecule has 35 heavy (non-hydrogen) atoms. The summed E-state index contributed by atoms with van der Waals surface area (Å²) in [5, 5.41) is 2.02. The Kier molecular flexibility index (Phi) is 8.63. The van der Waals surface area contributed by atoms with Gasteiger partial charge >= 0.3 is 5.97 Å². The van der Waals surface area contributed by atoms with Crippen molar-refractivity contribution in [3.05, 3.63) is 60.7 Å². The van der Waals surface area contributed by atoms with Crippen molar-refractivity contribution in [3.8, 4) is 0 Å². The van der Waals surface area contributed by atoms with Crippen molar-refractivity contribution in [3.63, 3.8) is 0 Å². The number of rotatable bonds is 8. The van der Waals surface area contributed by atoms with E-state index in [0.717, 1.165) is 16.6 Å². The van der Waals surface area contributed by atoms with Gasteiger partial charge in [-0.2, -0.15) is 8.42 Å². The topological polar surface area (TPSA) is 78.9 Å². The van der Waals surface area contributed by atoms with Crippen LogP contribution < -0.4 is 10.4 Å². The summed E-state index contributed by atoms with van der Waals surface area (Å²) in [5.74, 6) is -1.05. The van der Waals surface area contributed by atoms with Crippen LogP contribution in [-0.2, 0) is 28.3 Å². The normalized spacial score (nSPS) is 23.6. The molecular formula is C27H38O6SSi. The zero-order valence-electron chi connectivity index (χ0n) is 21.6. The van der Waals surface area contributed by atoms with Crippen molar-refractivity contribution in [1.29, 1.82) is 0 Å². The van der Waals surface area contributed by atoms with Crippen molar-refractivity contribution in [2.24, 2.45) is 11.8 Å². The molecule has 2 aromatic rings. The molecule has 0 heterocycles. The number of ether oxygens (including phenoxy) is 1. The Morgan fingerprint density at radius 3 is 1.83 bits per heavy atom. The van der Waals surface area contributed by atoms with Crippen LogP contribution in [0.25, 0.3) is 0 Å². The van der Waals surface area contributed by atoms with Gasteiger partial charge in [0.1, 0.15) is 0 Å². The lowest BCUT2D eigenvalue weighted by atomic mass is 9.76. The van der Waals surface area contributed by atoms with Gasteiger partial charge in [0.2, 0.25) is 0 Å². The lowest BCUT2D eigenvalue weighted by Crippen LogP contribution is -2.69. The first-order valence-electron chi connectivity index (χ1n) is 12.2. The molecule has 4 atom stereocenters. The zero-order valence-corrected chi connectivity index (χ0v) is 23.4. The summed E-state index contributed by atoms with van der Waals surface area (Å²) < 4.78 is 42.2. The highest BCUT2D eigenvalue weighted by atomic mass is 32.2. The van der Waals surface area contributed by atoms with Gasteiger partial charge in [-0.3, -0.25) is 8.98 Å².